The van der Waals surface area contributed by atoms with E-state index in [0.717, 1.165) is 45.6 Å². The molecule has 2 amide bonds. The molecule has 0 unspecified atom stereocenters. The van der Waals surface area contributed by atoms with Crippen molar-refractivity contribution in [1.29, 1.82) is 0 Å². The first-order valence-corrected chi connectivity index (χ1v) is 8.49. The van der Waals surface area contributed by atoms with Crippen LogP contribution in [0.4, 0.5) is 4.79 Å². The SMILES string of the molecule is O=C(NC1CCCC1)N1CCN(Cc2cccs2)CC1. The first kappa shape index (κ1) is 13.9. The van der Waals surface area contributed by atoms with Gasteiger partial charge in [-0.2, -0.15) is 0 Å². The third-order valence-electron chi connectivity index (χ3n) is 4.30. The minimum atomic E-state index is 0.146. The van der Waals surface area contributed by atoms with Gasteiger partial charge in [0, 0.05) is 43.6 Å². The van der Waals surface area contributed by atoms with Crippen molar-refractivity contribution in [1.82, 2.24) is 15.1 Å². The molecule has 0 radical (unpaired) electrons. The summed E-state index contributed by atoms with van der Waals surface area (Å²) < 4.78 is 0. The Morgan fingerprint density at radius 3 is 2.65 bits per heavy atom. The average molecular weight is 293 g/mol. The Kier molecular flexibility index (Phi) is 4.58. The van der Waals surface area contributed by atoms with Crippen molar-refractivity contribution >= 4 is 17.4 Å². The lowest BCUT2D eigenvalue weighted by atomic mass is 10.2. The summed E-state index contributed by atoms with van der Waals surface area (Å²) in [6.07, 6.45) is 4.84. The molecule has 2 aliphatic rings. The molecule has 20 heavy (non-hydrogen) atoms. The average Bonchev–Trinajstić information content (AvgIpc) is 3.13. The Balaban J connectivity index is 1.42. The Morgan fingerprint density at radius 2 is 2.00 bits per heavy atom. The molecule has 1 aliphatic heterocycles. The molecule has 1 aliphatic carbocycles. The lowest BCUT2D eigenvalue weighted by Gasteiger charge is -2.35. The van der Waals surface area contributed by atoms with Gasteiger partial charge in [0.15, 0.2) is 0 Å². The molecule has 1 aromatic rings. The highest BCUT2D eigenvalue weighted by Crippen LogP contribution is 2.18. The fourth-order valence-corrected chi connectivity index (χ4v) is 3.81. The molecule has 0 atom stereocenters. The van der Waals surface area contributed by atoms with Crippen molar-refractivity contribution in [2.75, 3.05) is 26.2 Å². The third-order valence-corrected chi connectivity index (χ3v) is 5.16. The summed E-state index contributed by atoms with van der Waals surface area (Å²) in [6, 6.07) is 4.86. The molecule has 5 heteroatoms. The predicted molar refractivity (Wildman–Crippen MR) is 82.0 cm³/mol. The minimum absolute atomic E-state index is 0.146. The van der Waals surface area contributed by atoms with E-state index in [0.29, 0.717) is 6.04 Å². The van der Waals surface area contributed by atoms with Crippen molar-refractivity contribution in [3.05, 3.63) is 22.4 Å². The van der Waals surface area contributed by atoms with Gasteiger partial charge in [-0.1, -0.05) is 18.9 Å². The largest absolute Gasteiger partial charge is 0.335 e. The number of thiophene rings is 1. The summed E-state index contributed by atoms with van der Waals surface area (Å²) in [4.78, 5) is 18.0. The Bertz CT molecular complexity index is 420. The molecular weight excluding hydrogens is 270 g/mol. The highest BCUT2D eigenvalue weighted by Gasteiger charge is 2.24. The number of nitrogens with zero attached hydrogens (tertiary/aromatic N) is 2. The van der Waals surface area contributed by atoms with Crippen LogP contribution in [0, 0.1) is 0 Å². The smallest absolute Gasteiger partial charge is 0.317 e. The zero-order chi connectivity index (χ0) is 13.8. The Morgan fingerprint density at radius 1 is 1.25 bits per heavy atom. The Hall–Kier alpha value is -1.07. The second-order valence-electron chi connectivity index (χ2n) is 5.77. The van der Waals surface area contributed by atoms with Crippen LogP contribution in [-0.4, -0.2) is 48.1 Å². The normalized spacial score (nSPS) is 21.3. The maximum Gasteiger partial charge on any atom is 0.317 e. The fraction of sp³-hybridized carbons (Fsp3) is 0.667. The fourth-order valence-electron chi connectivity index (χ4n) is 3.07. The molecule has 1 N–H and O–H groups in total. The molecule has 1 aromatic heterocycles. The summed E-state index contributed by atoms with van der Waals surface area (Å²) in [7, 11) is 0. The lowest BCUT2D eigenvalue weighted by molar-refractivity contribution is 0.134. The van der Waals surface area contributed by atoms with Crippen LogP contribution in [0.5, 0.6) is 0 Å². The highest BCUT2D eigenvalue weighted by molar-refractivity contribution is 7.09. The zero-order valence-electron chi connectivity index (χ0n) is 11.9. The third kappa shape index (κ3) is 3.52. The van der Waals surface area contributed by atoms with E-state index >= 15 is 0 Å². The maximum absolute atomic E-state index is 12.2. The number of carbonyl (C=O) groups is 1. The van der Waals surface area contributed by atoms with E-state index in [1.807, 2.05) is 16.2 Å². The van der Waals surface area contributed by atoms with E-state index in [4.69, 9.17) is 0 Å². The van der Waals surface area contributed by atoms with E-state index in [-0.39, 0.29) is 6.03 Å². The van der Waals surface area contributed by atoms with Crippen LogP contribution >= 0.6 is 11.3 Å². The highest BCUT2D eigenvalue weighted by atomic mass is 32.1. The van der Waals surface area contributed by atoms with Gasteiger partial charge in [0.1, 0.15) is 0 Å². The van der Waals surface area contributed by atoms with Crippen LogP contribution in [0.25, 0.3) is 0 Å². The molecule has 0 spiro atoms. The van der Waals surface area contributed by atoms with E-state index < -0.39 is 0 Å². The molecule has 1 saturated carbocycles. The first-order valence-electron chi connectivity index (χ1n) is 7.61. The van der Waals surface area contributed by atoms with Crippen LogP contribution in [0.15, 0.2) is 17.5 Å². The van der Waals surface area contributed by atoms with E-state index in [1.165, 1.54) is 17.7 Å². The summed E-state index contributed by atoms with van der Waals surface area (Å²) in [6.45, 7) is 4.69. The number of carbonyl (C=O) groups excluding carboxylic acids is 1. The van der Waals surface area contributed by atoms with Gasteiger partial charge in [-0.05, 0) is 24.3 Å². The lowest BCUT2D eigenvalue weighted by Crippen LogP contribution is -2.52. The number of amides is 2. The second-order valence-corrected chi connectivity index (χ2v) is 6.81. The molecule has 3 rings (SSSR count). The molecule has 0 aromatic carbocycles. The number of hydrogen-bond acceptors (Lipinski definition) is 3. The summed E-state index contributed by atoms with van der Waals surface area (Å²) in [5.74, 6) is 0. The van der Waals surface area contributed by atoms with Gasteiger partial charge in [0.05, 0.1) is 0 Å². The van der Waals surface area contributed by atoms with Gasteiger partial charge in [-0.25, -0.2) is 4.79 Å². The van der Waals surface area contributed by atoms with Crippen molar-refractivity contribution in [2.45, 2.75) is 38.3 Å². The zero-order valence-corrected chi connectivity index (χ0v) is 12.7. The summed E-state index contributed by atoms with van der Waals surface area (Å²) in [5.41, 5.74) is 0. The van der Waals surface area contributed by atoms with Crippen LogP contribution in [0.3, 0.4) is 0 Å². The number of piperazine rings is 1. The molecule has 0 bridgehead atoms. The molecule has 4 nitrogen and oxygen atoms in total. The van der Waals surface area contributed by atoms with E-state index in [9.17, 15) is 4.79 Å². The Labute approximate surface area is 124 Å². The quantitative estimate of drug-likeness (QED) is 0.929. The van der Waals surface area contributed by atoms with E-state index in [1.54, 1.807) is 0 Å². The van der Waals surface area contributed by atoms with Crippen LogP contribution < -0.4 is 5.32 Å². The first-order chi connectivity index (χ1) is 9.81. The topological polar surface area (TPSA) is 35.6 Å². The van der Waals surface area contributed by atoms with Crippen LogP contribution in [0.1, 0.15) is 30.6 Å². The standard InChI is InChI=1S/C15H23N3OS/c19-15(16-13-4-1-2-5-13)18-9-7-17(8-10-18)12-14-6-3-11-20-14/h3,6,11,13H,1-2,4-5,7-10,12H2,(H,16,19). The molecule has 1 saturated heterocycles. The number of hydrogen-bond donors (Lipinski definition) is 1. The number of rotatable bonds is 3. The number of urea groups is 1. The molecular formula is C15H23N3OS. The van der Waals surface area contributed by atoms with Gasteiger partial charge < -0.3 is 10.2 Å². The minimum Gasteiger partial charge on any atom is -0.335 e. The van der Waals surface area contributed by atoms with Crippen LogP contribution in [0.2, 0.25) is 0 Å². The van der Waals surface area contributed by atoms with Gasteiger partial charge in [-0.3, -0.25) is 4.90 Å². The van der Waals surface area contributed by atoms with Gasteiger partial charge in [0.2, 0.25) is 0 Å². The van der Waals surface area contributed by atoms with Crippen molar-refractivity contribution in [3.8, 4) is 0 Å². The summed E-state index contributed by atoms with van der Waals surface area (Å²) >= 11 is 1.81. The molecule has 110 valence electrons. The van der Waals surface area contributed by atoms with Gasteiger partial charge in [-0.15, -0.1) is 11.3 Å². The number of nitrogens with one attached hydrogen (secondary N) is 1. The van der Waals surface area contributed by atoms with E-state index in [2.05, 4.69) is 27.7 Å². The van der Waals surface area contributed by atoms with Crippen molar-refractivity contribution in [3.63, 3.8) is 0 Å². The maximum atomic E-state index is 12.2. The second kappa shape index (κ2) is 6.59. The molecule has 2 heterocycles. The van der Waals surface area contributed by atoms with Crippen molar-refractivity contribution in [2.24, 2.45) is 0 Å². The van der Waals surface area contributed by atoms with Gasteiger partial charge in [0.25, 0.3) is 0 Å². The van der Waals surface area contributed by atoms with Crippen molar-refractivity contribution < 1.29 is 4.79 Å². The molecule has 2 fully saturated rings. The monoisotopic (exact) mass is 293 g/mol. The predicted octanol–water partition coefficient (Wildman–Crippen LogP) is 2.52. The summed E-state index contributed by atoms with van der Waals surface area (Å²) in [5, 5.41) is 5.31. The van der Waals surface area contributed by atoms with Gasteiger partial charge >= 0.3 is 6.03 Å². The van der Waals surface area contributed by atoms with Crippen LogP contribution in [-0.2, 0) is 6.54 Å².